The number of hydrogen-bond donors (Lipinski definition) is 1. The van der Waals surface area contributed by atoms with E-state index in [2.05, 4.69) is 0 Å². The molecule has 1 aliphatic carbocycles. The third kappa shape index (κ3) is 4.76. The van der Waals surface area contributed by atoms with E-state index in [0.29, 0.717) is 12.2 Å². The van der Waals surface area contributed by atoms with Crippen molar-refractivity contribution in [1.82, 2.24) is 0 Å². The Balaban J connectivity index is 1.78. The fourth-order valence-electron chi connectivity index (χ4n) is 2.25. The van der Waals surface area contributed by atoms with Gasteiger partial charge in [0.1, 0.15) is 4.99 Å². The van der Waals surface area contributed by atoms with Crippen LogP contribution in [0.1, 0.15) is 31.2 Å². The molecule has 0 radical (unpaired) electrons. The van der Waals surface area contributed by atoms with Gasteiger partial charge in [-0.1, -0.05) is 43.6 Å². The first-order valence-corrected chi connectivity index (χ1v) is 9.25. The molecule has 0 heterocycles. The van der Waals surface area contributed by atoms with Crippen LogP contribution in [0.4, 0.5) is 0 Å². The molecule has 2 rings (SSSR count). The zero-order valence-corrected chi connectivity index (χ0v) is 13.6. The lowest BCUT2D eigenvalue weighted by Crippen LogP contribution is -2.17. The fraction of sp³-hybridized carbons (Fsp3) is 0.533. The molecule has 4 nitrogen and oxygen atoms in total. The molecule has 1 saturated carbocycles. The van der Waals surface area contributed by atoms with Gasteiger partial charge in [-0.05, 0) is 24.5 Å². The molecule has 0 saturated heterocycles. The molecule has 0 atom stereocenters. The molecule has 0 amide bonds. The van der Waals surface area contributed by atoms with Gasteiger partial charge in [0.05, 0.1) is 17.3 Å². The van der Waals surface area contributed by atoms with Crippen molar-refractivity contribution >= 4 is 27.0 Å². The van der Waals surface area contributed by atoms with Gasteiger partial charge in [0, 0.05) is 12.2 Å². The van der Waals surface area contributed by atoms with Gasteiger partial charge >= 0.3 is 0 Å². The van der Waals surface area contributed by atoms with E-state index in [4.69, 9.17) is 22.7 Å². The second kappa shape index (κ2) is 7.33. The molecule has 6 heteroatoms. The molecule has 0 aromatic heterocycles. The van der Waals surface area contributed by atoms with Gasteiger partial charge in [-0.2, -0.15) is 0 Å². The van der Waals surface area contributed by atoms with Crippen LogP contribution in [0.25, 0.3) is 0 Å². The van der Waals surface area contributed by atoms with Gasteiger partial charge in [0.2, 0.25) is 0 Å². The molecule has 2 N–H and O–H groups in total. The van der Waals surface area contributed by atoms with Crippen molar-refractivity contribution in [3.05, 3.63) is 29.8 Å². The van der Waals surface area contributed by atoms with E-state index in [9.17, 15) is 8.42 Å². The molecular weight excluding hydrogens is 306 g/mol. The van der Waals surface area contributed by atoms with Crippen molar-refractivity contribution in [3.63, 3.8) is 0 Å². The average Bonchev–Trinajstić information content (AvgIpc) is 2.40. The van der Waals surface area contributed by atoms with Crippen LogP contribution in [0.5, 0.6) is 0 Å². The molecule has 0 aliphatic heterocycles. The van der Waals surface area contributed by atoms with Crippen molar-refractivity contribution in [3.8, 4) is 0 Å². The highest BCUT2D eigenvalue weighted by Crippen LogP contribution is 2.29. The zero-order chi connectivity index (χ0) is 15.3. The molecule has 1 fully saturated rings. The molecule has 1 aliphatic rings. The second-order valence-electron chi connectivity index (χ2n) is 5.41. The summed E-state index contributed by atoms with van der Waals surface area (Å²) in [5.41, 5.74) is 6.16. The third-order valence-electron chi connectivity index (χ3n) is 3.89. The van der Waals surface area contributed by atoms with Gasteiger partial charge in [0.15, 0.2) is 9.84 Å². The summed E-state index contributed by atoms with van der Waals surface area (Å²) in [6, 6.07) is 6.34. The first kappa shape index (κ1) is 16.4. The SMILES string of the molecule is NC(=S)c1ccc(S(=O)(=O)CCOCCC2CCC2)cc1. The van der Waals surface area contributed by atoms with Crippen molar-refractivity contribution in [2.24, 2.45) is 11.7 Å². The molecule has 0 unspecified atom stereocenters. The van der Waals surface area contributed by atoms with Gasteiger partial charge in [-0.3, -0.25) is 0 Å². The fourth-order valence-corrected chi connectivity index (χ4v) is 3.51. The molecule has 21 heavy (non-hydrogen) atoms. The number of hydrogen-bond acceptors (Lipinski definition) is 4. The van der Waals surface area contributed by atoms with Gasteiger partial charge < -0.3 is 10.5 Å². The Morgan fingerprint density at radius 3 is 2.43 bits per heavy atom. The maximum atomic E-state index is 12.1. The van der Waals surface area contributed by atoms with Crippen LogP contribution >= 0.6 is 12.2 Å². The molecule has 116 valence electrons. The van der Waals surface area contributed by atoms with Gasteiger partial charge in [-0.15, -0.1) is 0 Å². The number of thiocarbonyl (C=S) groups is 1. The Morgan fingerprint density at radius 1 is 1.24 bits per heavy atom. The first-order valence-electron chi connectivity index (χ1n) is 7.19. The summed E-state index contributed by atoms with van der Waals surface area (Å²) in [4.78, 5) is 0.545. The van der Waals surface area contributed by atoms with E-state index >= 15 is 0 Å². The molecule has 1 aromatic carbocycles. The molecule has 1 aromatic rings. The Kier molecular flexibility index (Phi) is 5.72. The second-order valence-corrected chi connectivity index (χ2v) is 7.95. The summed E-state index contributed by atoms with van der Waals surface area (Å²) >= 11 is 4.84. The highest BCUT2D eigenvalue weighted by Gasteiger charge is 2.17. The van der Waals surface area contributed by atoms with Crippen LogP contribution < -0.4 is 5.73 Å². The maximum Gasteiger partial charge on any atom is 0.180 e. The largest absolute Gasteiger partial charge is 0.389 e. The number of sulfone groups is 1. The normalized spacial score (nSPS) is 15.6. The Morgan fingerprint density at radius 2 is 1.90 bits per heavy atom. The van der Waals surface area contributed by atoms with Crippen LogP contribution in [-0.4, -0.2) is 32.4 Å². The van der Waals surface area contributed by atoms with Crippen LogP contribution in [-0.2, 0) is 14.6 Å². The third-order valence-corrected chi connectivity index (χ3v) is 5.82. The van der Waals surface area contributed by atoms with E-state index in [0.717, 1.165) is 12.3 Å². The average molecular weight is 327 g/mol. The summed E-state index contributed by atoms with van der Waals surface area (Å²) < 4.78 is 29.7. The minimum absolute atomic E-state index is 0.00405. The Labute approximate surface area is 131 Å². The van der Waals surface area contributed by atoms with Crippen LogP contribution in [0.15, 0.2) is 29.2 Å². The van der Waals surface area contributed by atoms with E-state index in [1.807, 2.05) is 0 Å². The maximum absolute atomic E-state index is 12.1. The molecule has 0 spiro atoms. The number of benzene rings is 1. The van der Waals surface area contributed by atoms with E-state index in [1.54, 1.807) is 12.1 Å². The standard InChI is InChI=1S/C15H21NO3S2/c16-15(20)13-4-6-14(7-5-13)21(17,18)11-10-19-9-8-12-2-1-3-12/h4-7,12H,1-3,8-11H2,(H2,16,20). The number of nitrogens with two attached hydrogens (primary N) is 1. The molecule has 0 bridgehead atoms. The predicted octanol–water partition coefficient (Wildman–Crippen LogP) is 2.30. The van der Waals surface area contributed by atoms with Gasteiger partial charge in [0.25, 0.3) is 0 Å². The minimum atomic E-state index is -3.30. The first-order chi connectivity index (χ1) is 9.99. The van der Waals surface area contributed by atoms with Gasteiger partial charge in [-0.25, -0.2) is 8.42 Å². The van der Waals surface area contributed by atoms with Crippen molar-refractivity contribution in [2.45, 2.75) is 30.6 Å². The quantitative estimate of drug-likeness (QED) is 0.586. The summed E-state index contributed by atoms with van der Waals surface area (Å²) in [5, 5.41) is 0. The smallest absolute Gasteiger partial charge is 0.180 e. The zero-order valence-electron chi connectivity index (χ0n) is 12.0. The van der Waals surface area contributed by atoms with Crippen molar-refractivity contribution in [1.29, 1.82) is 0 Å². The van der Waals surface area contributed by atoms with Crippen LogP contribution in [0, 0.1) is 5.92 Å². The Bertz CT molecular complexity index is 577. The number of ether oxygens (including phenoxy) is 1. The van der Waals surface area contributed by atoms with E-state index < -0.39 is 9.84 Å². The van der Waals surface area contributed by atoms with E-state index in [1.165, 1.54) is 31.4 Å². The monoisotopic (exact) mass is 327 g/mol. The highest BCUT2D eigenvalue weighted by atomic mass is 32.2. The van der Waals surface area contributed by atoms with Crippen LogP contribution in [0.3, 0.4) is 0 Å². The number of rotatable bonds is 8. The molecular formula is C15H21NO3S2. The minimum Gasteiger partial charge on any atom is -0.389 e. The predicted molar refractivity (Wildman–Crippen MR) is 87.2 cm³/mol. The lowest BCUT2D eigenvalue weighted by molar-refractivity contribution is 0.118. The van der Waals surface area contributed by atoms with Crippen LogP contribution in [0.2, 0.25) is 0 Å². The lowest BCUT2D eigenvalue weighted by atomic mass is 9.83. The summed E-state index contributed by atoms with van der Waals surface area (Å²) in [6.45, 7) is 0.896. The van der Waals surface area contributed by atoms with Crippen molar-refractivity contribution < 1.29 is 13.2 Å². The topological polar surface area (TPSA) is 69.4 Å². The van der Waals surface area contributed by atoms with E-state index in [-0.39, 0.29) is 22.2 Å². The summed E-state index contributed by atoms with van der Waals surface area (Å²) in [5.74, 6) is 0.790. The van der Waals surface area contributed by atoms with Crippen molar-refractivity contribution in [2.75, 3.05) is 19.0 Å². The summed E-state index contributed by atoms with van der Waals surface area (Å²) in [7, 11) is -3.30. The highest BCUT2D eigenvalue weighted by molar-refractivity contribution is 7.91. The summed E-state index contributed by atoms with van der Waals surface area (Å²) in [6.07, 6.45) is 4.94. The Hall–Kier alpha value is -0.980. The lowest BCUT2D eigenvalue weighted by Gasteiger charge is -2.24.